The second-order valence-electron chi connectivity index (χ2n) is 8.86. The van der Waals surface area contributed by atoms with Crippen LogP contribution in [0.1, 0.15) is 19.3 Å². The Bertz CT molecular complexity index is 1080. The Morgan fingerprint density at radius 3 is 1.49 bits per heavy atom. The van der Waals surface area contributed by atoms with Crippen LogP contribution in [0.15, 0.2) is 126 Å². The van der Waals surface area contributed by atoms with E-state index >= 15 is 0 Å². The third-order valence-corrected chi connectivity index (χ3v) is 18.6. The van der Waals surface area contributed by atoms with E-state index in [9.17, 15) is 0 Å². The van der Waals surface area contributed by atoms with E-state index in [4.69, 9.17) is 5.10 Å². The zero-order valence-electron chi connectivity index (χ0n) is 20.7. The fraction of sp³-hybridized carbons (Fsp3) is 0.194. The van der Waals surface area contributed by atoms with Gasteiger partial charge in [0.25, 0.3) is 0 Å². The van der Waals surface area contributed by atoms with Gasteiger partial charge in [0.1, 0.15) is 0 Å². The molecule has 0 aliphatic rings. The average Bonchev–Trinajstić information content (AvgIpc) is 2.91. The van der Waals surface area contributed by atoms with E-state index in [1.165, 1.54) is 40.4 Å². The summed E-state index contributed by atoms with van der Waals surface area (Å²) in [5, 5.41) is 8.56. The second-order valence-corrected chi connectivity index (χ2v) is 19.3. The molecule has 4 heteroatoms. The molecule has 2 nitrogen and oxygen atoms in total. The maximum absolute atomic E-state index is 5.27. The predicted molar refractivity (Wildman–Crippen MR) is 156 cm³/mol. The first-order valence-electron chi connectivity index (χ1n) is 12.3. The zero-order chi connectivity index (χ0) is 24.3. The number of benzene rings is 4. The minimum absolute atomic E-state index is 0.539. The van der Waals surface area contributed by atoms with Crippen molar-refractivity contribution in [3.05, 3.63) is 121 Å². The summed E-state index contributed by atoms with van der Waals surface area (Å²) in [7, 11) is 4.12. The minimum atomic E-state index is -3.26. The number of rotatable bonds is 11. The molecule has 0 unspecified atom stereocenters. The molecule has 0 radical (unpaired) electrons. The summed E-state index contributed by atoms with van der Waals surface area (Å²) in [6.45, 7) is 0. The Kier molecular flexibility index (Phi) is 9.42. The van der Waals surface area contributed by atoms with Gasteiger partial charge in [-0.2, -0.15) is 0 Å². The van der Waals surface area contributed by atoms with Gasteiger partial charge < -0.3 is 0 Å². The number of hydrogen-bond donors (Lipinski definition) is 0. The first kappa shape index (κ1) is 25.5. The third kappa shape index (κ3) is 6.35. The van der Waals surface area contributed by atoms with Crippen molar-refractivity contribution in [2.75, 3.05) is 14.1 Å². The quantitative estimate of drug-likeness (QED) is 0.111. The first-order chi connectivity index (χ1) is 17.2. The van der Waals surface area contributed by atoms with E-state index < -0.39 is 13.3 Å². The summed E-state index contributed by atoms with van der Waals surface area (Å²) in [6.07, 6.45) is 3.43. The Labute approximate surface area is 219 Å². The summed E-state index contributed by atoms with van der Waals surface area (Å²) in [4.78, 5) is 0. The van der Waals surface area contributed by atoms with Crippen molar-refractivity contribution in [1.82, 2.24) is 5.01 Å². The van der Waals surface area contributed by atoms with Crippen LogP contribution in [0.5, 0.6) is 0 Å². The van der Waals surface area contributed by atoms with Crippen LogP contribution < -0.4 is 17.6 Å². The van der Waals surface area contributed by atoms with Gasteiger partial charge in [0.15, 0.2) is 0 Å². The van der Waals surface area contributed by atoms with Crippen LogP contribution >= 0.6 is 0 Å². The summed E-state index contributed by atoms with van der Waals surface area (Å²) >= 11 is -2.72. The van der Waals surface area contributed by atoms with Gasteiger partial charge in [-0.25, -0.2) is 0 Å². The Hall–Kier alpha value is -2.59. The predicted octanol–water partition coefficient (Wildman–Crippen LogP) is 4.23. The van der Waals surface area contributed by atoms with E-state index in [1.54, 1.807) is 0 Å². The van der Waals surface area contributed by atoms with Crippen LogP contribution in [0.2, 0.25) is 5.32 Å². The summed E-state index contributed by atoms with van der Waals surface area (Å²) < 4.78 is 7.20. The molecule has 4 aromatic rings. The van der Waals surface area contributed by atoms with Gasteiger partial charge in [0.2, 0.25) is 0 Å². The van der Waals surface area contributed by atoms with Gasteiger partial charge in [0.05, 0.1) is 0 Å². The summed E-state index contributed by atoms with van der Waals surface area (Å²) in [5.41, 5.74) is 0. The first-order valence-corrected chi connectivity index (χ1v) is 18.6. The molecule has 0 aromatic heterocycles. The van der Waals surface area contributed by atoms with Gasteiger partial charge in [0, 0.05) is 0 Å². The molecule has 0 aliphatic heterocycles. The third-order valence-electron chi connectivity index (χ3n) is 6.19. The molecule has 0 amide bonds. The van der Waals surface area contributed by atoms with Gasteiger partial charge in [-0.15, -0.1) is 0 Å². The van der Waals surface area contributed by atoms with Crippen LogP contribution in [0, 0.1) is 0 Å². The van der Waals surface area contributed by atoms with Gasteiger partial charge in [-0.3, -0.25) is 0 Å². The van der Waals surface area contributed by atoms with E-state index in [0.717, 1.165) is 6.42 Å². The number of hydrogen-bond acceptors (Lipinski definition) is 2. The molecule has 0 aliphatic carbocycles. The van der Waals surface area contributed by atoms with E-state index in [1.807, 2.05) is 5.01 Å². The van der Waals surface area contributed by atoms with Crippen LogP contribution in [0.3, 0.4) is 0 Å². The summed E-state index contributed by atoms with van der Waals surface area (Å²) in [5.74, 6) is 0. The van der Waals surface area contributed by atoms with Crippen LogP contribution in [0.4, 0.5) is 0 Å². The topological polar surface area (TPSA) is 15.6 Å². The SMILES string of the molecule is CN(C)/N=[C](\CCCC[Se]c1ccccc1)[Ge]([c]1ccccc1)([c]1ccccc1)[c]1ccccc1. The van der Waals surface area contributed by atoms with Crippen LogP contribution in [0.25, 0.3) is 0 Å². The zero-order valence-corrected chi connectivity index (χ0v) is 24.5. The Morgan fingerprint density at radius 2 is 1.06 bits per heavy atom. The van der Waals surface area contributed by atoms with E-state index in [2.05, 4.69) is 135 Å². The van der Waals surface area contributed by atoms with Crippen molar-refractivity contribution >= 4 is 50.4 Å². The fourth-order valence-electron chi connectivity index (χ4n) is 4.72. The molecule has 4 rings (SSSR count). The van der Waals surface area contributed by atoms with Crippen molar-refractivity contribution < 1.29 is 0 Å². The standard InChI is InChI=1S/C31H34GeN2Se/c1-34(2)33-31(25-15-16-26-35-30-23-13-6-14-24-30)32(27-17-7-3-8-18-27,28-19-9-4-10-20-28)29-21-11-5-12-22-29/h3-14,17-24H,15-16,25-26H2,1-2H3/b33-31+. The molecular weight excluding hydrogens is 552 g/mol. The Balaban J connectivity index is 1.73. The molecule has 4 aromatic carbocycles. The van der Waals surface area contributed by atoms with Gasteiger partial charge >= 0.3 is 221 Å². The van der Waals surface area contributed by atoms with Gasteiger partial charge in [-0.1, -0.05) is 0 Å². The van der Waals surface area contributed by atoms with Crippen molar-refractivity contribution in [2.24, 2.45) is 5.10 Å². The average molecular weight is 586 g/mol. The molecule has 0 saturated heterocycles. The van der Waals surface area contributed by atoms with Crippen molar-refractivity contribution in [3.63, 3.8) is 0 Å². The molecule has 0 N–H and O–H groups in total. The number of nitrogens with zero attached hydrogens (tertiary/aromatic N) is 2. The molecule has 0 atom stereocenters. The normalized spacial score (nSPS) is 11.9. The maximum atomic E-state index is 5.27. The molecule has 35 heavy (non-hydrogen) atoms. The summed E-state index contributed by atoms with van der Waals surface area (Å²) in [6, 6.07) is 44.5. The van der Waals surface area contributed by atoms with Crippen LogP contribution in [-0.2, 0) is 0 Å². The van der Waals surface area contributed by atoms with Gasteiger partial charge in [-0.05, 0) is 0 Å². The molecular formula is C31H34GeN2Se. The Morgan fingerprint density at radius 1 is 0.629 bits per heavy atom. The van der Waals surface area contributed by atoms with Crippen molar-refractivity contribution in [3.8, 4) is 0 Å². The molecule has 0 fully saturated rings. The van der Waals surface area contributed by atoms with E-state index in [-0.39, 0.29) is 0 Å². The number of hydrazone groups is 1. The monoisotopic (exact) mass is 588 g/mol. The molecule has 0 heterocycles. The fourth-order valence-corrected chi connectivity index (χ4v) is 17.1. The molecule has 178 valence electrons. The number of unbranched alkanes of at least 4 members (excludes halogenated alkanes) is 1. The van der Waals surface area contributed by atoms with Crippen molar-refractivity contribution in [2.45, 2.75) is 24.6 Å². The van der Waals surface area contributed by atoms with E-state index in [0.29, 0.717) is 15.0 Å². The second kappa shape index (κ2) is 12.9. The molecule has 0 spiro atoms. The van der Waals surface area contributed by atoms with Crippen molar-refractivity contribution in [1.29, 1.82) is 0 Å². The molecule has 0 bridgehead atoms. The molecule has 0 saturated carbocycles. The van der Waals surface area contributed by atoms with Crippen LogP contribution in [-0.4, -0.2) is 51.9 Å².